The van der Waals surface area contributed by atoms with Crippen molar-refractivity contribution in [1.29, 1.82) is 5.26 Å². The molecule has 0 bridgehead atoms. The lowest BCUT2D eigenvalue weighted by atomic mass is 9.92. The second-order valence-corrected chi connectivity index (χ2v) is 6.06. The molecule has 1 unspecified atom stereocenters. The molecule has 4 amide bonds. The van der Waals surface area contributed by atoms with Gasteiger partial charge < -0.3 is 10.6 Å². The van der Waals surface area contributed by atoms with Crippen LogP contribution in [0.1, 0.15) is 25.5 Å². The van der Waals surface area contributed by atoms with Crippen molar-refractivity contribution in [3.63, 3.8) is 0 Å². The Morgan fingerprint density at radius 2 is 2.11 bits per heavy atom. The van der Waals surface area contributed by atoms with Gasteiger partial charge in [-0.05, 0) is 42.7 Å². The Bertz CT molecular complexity index is 946. The van der Waals surface area contributed by atoms with Gasteiger partial charge in [0.05, 0.1) is 11.6 Å². The summed E-state index contributed by atoms with van der Waals surface area (Å²) in [6.45, 7) is 3.79. The number of imide groups is 1. The number of aromatic nitrogens is 1. The highest BCUT2D eigenvalue weighted by Crippen LogP contribution is 2.34. The van der Waals surface area contributed by atoms with Gasteiger partial charge in [-0.2, -0.15) is 5.26 Å². The van der Waals surface area contributed by atoms with Crippen LogP contribution >= 0.6 is 0 Å². The number of rotatable bonds is 3. The van der Waals surface area contributed by atoms with Crippen LogP contribution in [-0.2, 0) is 0 Å². The van der Waals surface area contributed by atoms with E-state index in [2.05, 4.69) is 21.7 Å². The fourth-order valence-corrected chi connectivity index (χ4v) is 3.07. The SMILES string of the molecule is CCNC(=O)N1C(=O)NC(C)=C(C#N)C1c1cccc(-c2cccnc2)c1. The van der Waals surface area contributed by atoms with Crippen LogP contribution < -0.4 is 10.6 Å². The lowest BCUT2D eigenvalue weighted by Gasteiger charge is -2.35. The maximum Gasteiger partial charge on any atom is 0.330 e. The van der Waals surface area contributed by atoms with E-state index in [1.807, 2.05) is 30.3 Å². The van der Waals surface area contributed by atoms with Gasteiger partial charge in [-0.1, -0.05) is 24.3 Å². The molecule has 136 valence electrons. The van der Waals surface area contributed by atoms with Gasteiger partial charge in [0.2, 0.25) is 0 Å². The third-order valence-electron chi connectivity index (χ3n) is 4.31. The lowest BCUT2D eigenvalue weighted by Crippen LogP contribution is -2.53. The number of nitriles is 1. The number of nitrogens with one attached hydrogen (secondary N) is 2. The Labute approximate surface area is 157 Å². The molecule has 1 aromatic carbocycles. The Morgan fingerprint density at radius 1 is 1.33 bits per heavy atom. The average Bonchev–Trinajstić information content (AvgIpc) is 2.68. The van der Waals surface area contributed by atoms with E-state index >= 15 is 0 Å². The zero-order valence-electron chi connectivity index (χ0n) is 15.1. The van der Waals surface area contributed by atoms with Crippen LogP contribution in [0.15, 0.2) is 60.1 Å². The molecule has 1 aliphatic heterocycles. The van der Waals surface area contributed by atoms with Crippen molar-refractivity contribution in [2.24, 2.45) is 0 Å². The van der Waals surface area contributed by atoms with Gasteiger partial charge in [0.25, 0.3) is 0 Å². The van der Waals surface area contributed by atoms with Crippen LogP contribution in [0.25, 0.3) is 11.1 Å². The highest BCUT2D eigenvalue weighted by atomic mass is 16.2. The van der Waals surface area contributed by atoms with Crippen molar-refractivity contribution >= 4 is 12.1 Å². The number of nitrogens with zero attached hydrogens (tertiary/aromatic N) is 3. The van der Waals surface area contributed by atoms with Crippen molar-refractivity contribution in [1.82, 2.24) is 20.5 Å². The summed E-state index contributed by atoms with van der Waals surface area (Å²) >= 11 is 0. The molecule has 2 N–H and O–H groups in total. The summed E-state index contributed by atoms with van der Waals surface area (Å²) < 4.78 is 0. The van der Waals surface area contributed by atoms with Gasteiger partial charge in [0.1, 0.15) is 6.04 Å². The largest absolute Gasteiger partial charge is 0.338 e. The molecule has 1 atom stereocenters. The summed E-state index contributed by atoms with van der Waals surface area (Å²) in [6, 6.07) is 11.4. The van der Waals surface area contributed by atoms with Crippen molar-refractivity contribution < 1.29 is 9.59 Å². The maximum atomic E-state index is 12.5. The smallest absolute Gasteiger partial charge is 0.330 e. The van der Waals surface area contributed by atoms with E-state index < -0.39 is 18.1 Å². The summed E-state index contributed by atoms with van der Waals surface area (Å²) in [5, 5.41) is 14.9. The third kappa shape index (κ3) is 3.51. The molecule has 2 heterocycles. The third-order valence-corrected chi connectivity index (χ3v) is 4.31. The van der Waals surface area contributed by atoms with E-state index in [1.165, 1.54) is 0 Å². The number of amides is 4. The van der Waals surface area contributed by atoms with E-state index in [4.69, 9.17) is 0 Å². The van der Waals surface area contributed by atoms with Crippen LogP contribution in [-0.4, -0.2) is 28.5 Å². The zero-order valence-corrected chi connectivity index (χ0v) is 15.1. The van der Waals surface area contributed by atoms with Gasteiger partial charge in [-0.15, -0.1) is 0 Å². The summed E-state index contributed by atoms with van der Waals surface area (Å²) in [4.78, 5) is 30.2. The van der Waals surface area contributed by atoms with Crippen molar-refractivity contribution in [2.45, 2.75) is 19.9 Å². The average molecular weight is 361 g/mol. The first-order valence-corrected chi connectivity index (χ1v) is 8.56. The molecule has 1 aliphatic rings. The van der Waals surface area contributed by atoms with E-state index in [0.717, 1.165) is 16.0 Å². The highest BCUT2D eigenvalue weighted by molar-refractivity contribution is 5.96. The van der Waals surface area contributed by atoms with Crippen molar-refractivity contribution in [2.75, 3.05) is 6.54 Å². The molecule has 0 saturated heterocycles. The van der Waals surface area contributed by atoms with Crippen molar-refractivity contribution in [3.05, 3.63) is 65.6 Å². The second kappa shape index (κ2) is 7.70. The van der Waals surface area contributed by atoms with Crippen LogP contribution in [0.5, 0.6) is 0 Å². The molecule has 0 fully saturated rings. The van der Waals surface area contributed by atoms with E-state index in [0.29, 0.717) is 23.4 Å². The predicted molar refractivity (Wildman–Crippen MR) is 100 cm³/mol. The minimum Gasteiger partial charge on any atom is -0.338 e. The standard InChI is InChI=1S/C20H19N5O2/c1-3-23-19(26)25-18(17(11-21)13(2)24-20(25)27)15-7-4-6-14(10-15)16-8-5-9-22-12-16/h4-10,12,18H,3H2,1-2H3,(H,23,26)(H,24,27). The molecule has 7 nitrogen and oxygen atoms in total. The topological polar surface area (TPSA) is 98.1 Å². The molecule has 27 heavy (non-hydrogen) atoms. The molecule has 0 radical (unpaired) electrons. The number of carbonyl (C=O) groups excluding carboxylic acids is 2. The number of carbonyl (C=O) groups is 2. The Kier molecular flexibility index (Phi) is 5.18. The van der Waals surface area contributed by atoms with Gasteiger partial charge >= 0.3 is 12.1 Å². The van der Waals surface area contributed by atoms with Crippen LogP contribution in [0.4, 0.5) is 9.59 Å². The summed E-state index contributed by atoms with van der Waals surface area (Å²) in [6.07, 6.45) is 3.43. The molecule has 2 aromatic rings. The molecular weight excluding hydrogens is 342 g/mol. The fraction of sp³-hybridized carbons (Fsp3) is 0.200. The molecule has 0 saturated carbocycles. The van der Waals surface area contributed by atoms with Gasteiger partial charge in [-0.3, -0.25) is 4.98 Å². The summed E-state index contributed by atoms with van der Waals surface area (Å²) in [7, 11) is 0. The van der Waals surface area contributed by atoms with Gasteiger partial charge in [-0.25, -0.2) is 14.5 Å². The monoisotopic (exact) mass is 361 g/mol. The lowest BCUT2D eigenvalue weighted by molar-refractivity contribution is 0.173. The predicted octanol–water partition coefficient (Wildman–Crippen LogP) is 3.34. The van der Waals surface area contributed by atoms with Gasteiger partial charge in [0, 0.05) is 24.6 Å². The molecule has 7 heteroatoms. The van der Waals surface area contributed by atoms with Gasteiger partial charge in [0.15, 0.2) is 0 Å². The Balaban J connectivity index is 2.12. The number of urea groups is 2. The number of pyridine rings is 1. The minimum absolute atomic E-state index is 0.323. The molecule has 0 spiro atoms. The van der Waals surface area contributed by atoms with Crippen LogP contribution in [0, 0.1) is 11.3 Å². The first kappa shape index (κ1) is 18.1. The van der Waals surface area contributed by atoms with E-state index in [-0.39, 0.29) is 0 Å². The normalized spacial score (nSPS) is 16.6. The molecule has 1 aromatic heterocycles. The molecule has 0 aliphatic carbocycles. The Hall–Kier alpha value is -3.66. The number of allylic oxidation sites excluding steroid dienone is 1. The highest BCUT2D eigenvalue weighted by Gasteiger charge is 2.38. The summed E-state index contributed by atoms with van der Waals surface area (Å²) in [5.41, 5.74) is 3.23. The van der Waals surface area contributed by atoms with E-state index in [1.54, 1.807) is 32.3 Å². The maximum absolute atomic E-state index is 12.5. The zero-order chi connectivity index (χ0) is 19.4. The van der Waals surface area contributed by atoms with Crippen LogP contribution in [0.3, 0.4) is 0 Å². The first-order chi connectivity index (χ1) is 13.1. The number of hydrogen-bond donors (Lipinski definition) is 2. The Morgan fingerprint density at radius 3 is 2.78 bits per heavy atom. The molecular formula is C20H19N5O2. The second-order valence-electron chi connectivity index (χ2n) is 6.06. The molecule has 3 rings (SSSR count). The quantitative estimate of drug-likeness (QED) is 0.876. The van der Waals surface area contributed by atoms with Crippen molar-refractivity contribution in [3.8, 4) is 17.2 Å². The summed E-state index contributed by atoms with van der Waals surface area (Å²) in [5.74, 6) is 0. The first-order valence-electron chi connectivity index (χ1n) is 8.56. The number of benzene rings is 1. The van der Waals surface area contributed by atoms with E-state index in [9.17, 15) is 14.9 Å². The van der Waals surface area contributed by atoms with Crippen LogP contribution in [0.2, 0.25) is 0 Å². The minimum atomic E-state index is -0.799. The fourth-order valence-electron chi connectivity index (χ4n) is 3.07. The number of hydrogen-bond acceptors (Lipinski definition) is 4.